The van der Waals surface area contributed by atoms with Crippen molar-refractivity contribution in [1.82, 2.24) is 0 Å². The van der Waals surface area contributed by atoms with Crippen LogP contribution in [0.5, 0.6) is 0 Å². The number of hydrogen-bond donors (Lipinski definition) is 3. The first-order valence-corrected chi connectivity index (χ1v) is 8.82. The molecule has 0 saturated carbocycles. The molecule has 0 aliphatic rings. The minimum absolute atomic E-state index is 0.0319. The number of ether oxygens (including phenoxy) is 4. The van der Waals surface area contributed by atoms with E-state index in [2.05, 4.69) is 6.58 Å². The Morgan fingerprint density at radius 3 is 1.62 bits per heavy atom. The Morgan fingerprint density at radius 1 is 0.923 bits per heavy atom. The van der Waals surface area contributed by atoms with Gasteiger partial charge in [0, 0.05) is 17.6 Å². The third-order valence-electron chi connectivity index (χ3n) is 3.56. The molecule has 26 heavy (non-hydrogen) atoms. The summed E-state index contributed by atoms with van der Waals surface area (Å²) in [5.74, 6) is -2.04. The minimum Gasteiger partial charge on any atom is -0.402 e. The van der Waals surface area contributed by atoms with Gasteiger partial charge in [-0.05, 0) is 34.1 Å². The number of aliphatic hydroxyl groups excluding tert-OH is 3. The molecule has 0 fully saturated rings. The maximum absolute atomic E-state index is 11.5. The monoisotopic (exact) mass is 380 g/mol. The Kier molecular flexibility index (Phi) is 15.8. The molecule has 8 nitrogen and oxygen atoms in total. The van der Waals surface area contributed by atoms with E-state index in [0.717, 1.165) is 0 Å². The lowest BCUT2D eigenvalue weighted by Crippen LogP contribution is -2.45. The molecule has 0 aromatic heterocycles. The van der Waals surface area contributed by atoms with Crippen LogP contribution in [0.3, 0.4) is 0 Å². The Balaban J connectivity index is 0. The van der Waals surface area contributed by atoms with Crippen molar-refractivity contribution in [1.29, 1.82) is 0 Å². The standard InChI is InChI=1S/C12H22O5.C6H14O3/c1-6-14-9-12(15-7-2,16-8-3)17-11(13)10(4)5;1-2-6(3-7,4-8)5-9/h4,6-9H2,1-3,5H3;7-9H,2-5H2,1H3. The maximum atomic E-state index is 11.5. The molecule has 0 bridgehead atoms. The minimum atomic E-state index is -1.48. The van der Waals surface area contributed by atoms with Crippen molar-refractivity contribution >= 4 is 5.97 Å². The van der Waals surface area contributed by atoms with Crippen molar-refractivity contribution in [3.05, 3.63) is 12.2 Å². The van der Waals surface area contributed by atoms with Crippen molar-refractivity contribution in [2.45, 2.75) is 47.0 Å². The first kappa shape index (κ1) is 27.2. The fourth-order valence-corrected chi connectivity index (χ4v) is 1.59. The Bertz CT molecular complexity index is 356. The Morgan fingerprint density at radius 2 is 1.38 bits per heavy atom. The van der Waals surface area contributed by atoms with Gasteiger partial charge in [0.05, 0.1) is 33.0 Å². The van der Waals surface area contributed by atoms with Crippen molar-refractivity contribution in [3.63, 3.8) is 0 Å². The van der Waals surface area contributed by atoms with Gasteiger partial charge in [-0.25, -0.2) is 4.79 Å². The molecule has 0 radical (unpaired) electrons. The normalized spacial score (nSPS) is 11.5. The summed E-state index contributed by atoms with van der Waals surface area (Å²) in [5.41, 5.74) is -0.384. The van der Waals surface area contributed by atoms with Crippen LogP contribution in [-0.2, 0) is 23.7 Å². The smallest absolute Gasteiger partial charge is 0.354 e. The van der Waals surface area contributed by atoms with Gasteiger partial charge in [-0.1, -0.05) is 13.5 Å². The van der Waals surface area contributed by atoms with E-state index < -0.39 is 17.4 Å². The van der Waals surface area contributed by atoms with E-state index in [1.54, 1.807) is 20.8 Å². The molecule has 0 aromatic rings. The van der Waals surface area contributed by atoms with Crippen LogP contribution in [0.4, 0.5) is 0 Å². The predicted molar refractivity (Wildman–Crippen MR) is 97.4 cm³/mol. The van der Waals surface area contributed by atoms with E-state index in [1.165, 1.54) is 0 Å². The van der Waals surface area contributed by atoms with Crippen LogP contribution in [-0.4, -0.2) is 73.5 Å². The van der Waals surface area contributed by atoms with E-state index in [0.29, 0.717) is 26.2 Å². The van der Waals surface area contributed by atoms with Crippen molar-refractivity contribution in [2.24, 2.45) is 5.41 Å². The largest absolute Gasteiger partial charge is 0.402 e. The first-order valence-electron chi connectivity index (χ1n) is 8.82. The topological polar surface area (TPSA) is 115 Å². The van der Waals surface area contributed by atoms with Gasteiger partial charge in [0.2, 0.25) is 0 Å². The van der Waals surface area contributed by atoms with Crippen LogP contribution in [0.2, 0.25) is 0 Å². The quantitative estimate of drug-likeness (QED) is 0.248. The summed E-state index contributed by atoms with van der Waals surface area (Å²) in [6.45, 7) is 13.0. The van der Waals surface area contributed by atoms with E-state index in [4.69, 9.17) is 34.3 Å². The highest BCUT2D eigenvalue weighted by molar-refractivity contribution is 5.87. The molecule has 0 atom stereocenters. The average molecular weight is 380 g/mol. The second kappa shape index (κ2) is 15.1. The highest BCUT2D eigenvalue weighted by Crippen LogP contribution is 2.19. The fourth-order valence-electron chi connectivity index (χ4n) is 1.59. The lowest BCUT2D eigenvalue weighted by Gasteiger charge is -2.31. The second-order valence-corrected chi connectivity index (χ2v) is 5.68. The molecule has 0 amide bonds. The van der Waals surface area contributed by atoms with Crippen LogP contribution >= 0.6 is 0 Å². The molecule has 0 saturated heterocycles. The van der Waals surface area contributed by atoms with Crippen LogP contribution in [0.25, 0.3) is 0 Å². The van der Waals surface area contributed by atoms with Crippen LogP contribution < -0.4 is 0 Å². The van der Waals surface area contributed by atoms with Gasteiger partial charge in [-0.2, -0.15) is 0 Å². The highest BCUT2D eigenvalue weighted by Gasteiger charge is 2.37. The molecule has 0 unspecified atom stereocenters. The van der Waals surface area contributed by atoms with Crippen molar-refractivity contribution in [3.8, 4) is 0 Å². The van der Waals surface area contributed by atoms with Gasteiger partial charge >= 0.3 is 11.9 Å². The highest BCUT2D eigenvalue weighted by atomic mass is 16.9. The number of carbonyl (C=O) groups excluding carboxylic acids is 1. The summed E-state index contributed by atoms with van der Waals surface area (Å²) in [6.07, 6.45) is 0.594. The molecular weight excluding hydrogens is 344 g/mol. The summed E-state index contributed by atoms with van der Waals surface area (Å²) >= 11 is 0. The van der Waals surface area contributed by atoms with Crippen LogP contribution in [0.1, 0.15) is 41.0 Å². The summed E-state index contributed by atoms with van der Waals surface area (Å²) in [5, 5.41) is 26.0. The Hall–Kier alpha value is -1.03. The summed E-state index contributed by atoms with van der Waals surface area (Å²) in [6, 6.07) is 0. The lowest BCUT2D eigenvalue weighted by molar-refractivity contribution is -0.373. The summed E-state index contributed by atoms with van der Waals surface area (Å²) in [4.78, 5) is 11.5. The van der Waals surface area contributed by atoms with Crippen molar-refractivity contribution in [2.75, 3.05) is 46.2 Å². The van der Waals surface area contributed by atoms with Gasteiger partial charge in [-0.15, -0.1) is 0 Å². The fraction of sp³-hybridized carbons (Fsp3) is 0.833. The van der Waals surface area contributed by atoms with Gasteiger partial charge < -0.3 is 34.3 Å². The molecule has 0 aromatic carbocycles. The molecule has 0 rings (SSSR count). The van der Waals surface area contributed by atoms with Gasteiger partial charge in [0.15, 0.2) is 0 Å². The third kappa shape index (κ3) is 10.2. The van der Waals surface area contributed by atoms with Crippen LogP contribution in [0.15, 0.2) is 12.2 Å². The zero-order chi connectivity index (χ0) is 20.6. The molecule has 0 spiro atoms. The van der Waals surface area contributed by atoms with Crippen LogP contribution in [0, 0.1) is 5.41 Å². The average Bonchev–Trinajstić information content (AvgIpc) is 2.63. The number of esters is 1. The van der Waals surface area contributed by atoms with E-state index in [1.807, 2.05) is 13.8 Å². The van der Waals surface area contributed by atoms with Gasteiger partial charge in [0.25, 0.3) is 0 Å². The number of hydrogen-bond acceptors (Lipinski definition) is 8. The number of aliphatic hydroxyl groups is 3. The third-order valence-corrected chi connectivity index (χ3v) is 3.56. The lowest BCUT2D eigenvalue weighted by atomic mass is 9.88. The first-order chi connectivity index (χ1) is 12.3. The SMILES string of the molecule is C=C(C)C(=O)OC(COCC)(OCC)OCC.CCC(CO)(CO)CO. The van der Waals surface area contributed by atoms with E-state index in [9.17, 15) is 4.79 Å². The molecule has 8 heteroatoms. The van der Waals surface area contributed by atoms with Crippen molar-refractivity contribution < 1.29 is 39.1 Å². The summed E-state index contributed by atoms with van der Waals surface area (Å²) < 4.78 is 21.1. The second-order valence-electron chi connectivity index (χ2n) is 5.68. The zero-order valence-electron chi connectivity index (χ0n) is 16.7. The van der Waals surface area contributed by atoms with E-state index in [-0.39, 0.29) is 32.0 Å². The molecule has 0 aliphatic carbocycles. The van der Waals surface area contributed by atoms with Gasteiger partial charge in [-0.3, -0.25) is 0 Å². The summed E-state index contributed by atoms with van der Waals surface area (Å²) in [7, 11) is 0. The molecular formula is C18H36O8. The molecule has 0 heterocycles. The maximum Gasteiger partial charge on any atom is 0.354 e. The van der Waals surface area contributed by atoms with Gasteiger partial charge in [0.1, 0.15) is 6.61 Å². The predicted octanol–water partition coefficient (Wildman–Crippen LogP) is 1.23. The molecule has 156 valence electrons. The van der Waals surface area contributed by atoms with E-state index >= 15 is 0 Å². The Labute approximate surface area is 156 Å². The molecule has 3 N–H and O–H groups in total. The number of carbonyl (C=O) groups is 1. The molecule has 0 aliphatic heterocycles. The zero-order valence-corrected chi connectivity index (χ0v) is 16.7. The number of rotatable bonds is 13.